The fraction of sp³-hybridized carbons (Fsp3) is 0.500. The van der Waals surface area contributed by atoms with E-state index in [-0.39, 0.29) is 10.6 Å². The molecule has 0 unspecified atom stereocenters. The zero-order valence-corrected chi connectivity index (χ0v) is 9.89. The van der Waals surface area contributed by atoms with Gasteiger partial charge in [-0.05, 0) is 37.8 Å². The summed E-state index contributed by atoms with van der Waals surface area (Å²) < 4.78 is 0. The molecular formula is C12H16N2O3. The first-order valence-corrected chi connectivity index (χ1v) is 5.84. The average Bonchev–Trinajstić information content (AvgIpc) is 2.56. The van der Waals surface area contributed by atoms with Crippen LogP contribution in [-0.4, -0.2) is 18.1 Å². The van der Waals surface area contributed by atoms with Crippen LogP contribution in [0.3, 0.4) is 0 Å². The van der Waals surface area contributed by atoms with Crippen molar-refractivity contribution in [3.8, 4) is 0 Å². The van der Waals surface area contributed by atoms with E-state index in [9.17, 15) is 10.1 Å². The minimum absolute atomic E-state index is 0.109. The van der Waals surface area contributed by atoms with Crippen molar-refractivity contribution in [2.24, 2.45) is 0 Å². The number of anilines is 1. The van der Waals surface area contributed by atoms with Gasteiger partial charge in [0.2, 0.25) is 0 Å². The number of nitro benzene ring substituents is 1. The third-order valence-corrected chi connectivity index (χ3v) is 2.85. The van der Waals surface area contributed by atoms with E-state index < -0.39 is 0 Å². The van der Waals surface area contributed by atoms with E-state index in [1.54, 1.807) is 17.2 Å². The van der Waals surface area contributed by atoms with Gasteiger partial charge >= 0.3 is 0 Å². The Kier molecular flexibility index (Phi) is 3.58. The highest BCUT2D eigenvalue weighted by Crippen LogP contribution is 2.30. The number of nitro groups is 1. The normalized spacial score (nSPS) is 16.6. The van der Waals surface area contributed by atoms with Gasteiger partial charge in [0.15, 0.2) is 0 Å². The van der Waals surface area contributed by atoms with Crippen LogP contribution in [0.1, 0.15) is 24.8 Å². The summed E-state index contributed by atoms with van der Waals surface area (Å²) in [4.78, 5) is 16.2. The van der Waals surface area contributed by atoms with Gasteiger partial charge in [-0.15, -0.1) is 0 Å². The lowest BCUT2D eigenvalue weighted by Crippen LogP contribution is -2.24. The van der Waals surface area contributed by atoms with E-state index in [4.69, 9.17) is 4.84 Å². The Hall–Kier alpha value is -1.62. The Morgan fingerprint density at radius 2 is 2.18 bits per heavy atom. The van der Waals surface area contributed by atoms with Crippen molar-refractivity contribution in [2.75, 3.05) is 18.2 Å². The molecule has 0 bridgehead atoms. The lowest BCUT2D eigenvalue weighted by molar-refractivity contribution is -0.384. The third kappa shape index (κ3) is 2.74. The molecule has 1 aliphatic heterocycles. The minimum atomic E-state index is -0.358. The van der Waals surface area contributed by atoms with E-state index in [0.29, 0.717) is 18.8 Å². The third-order valence-electron chi connectivity index (χ3n) is 2.85. The van der Waals surface area contributed by atoms with E-state index in [0.717, 1.165) is 24.8 Å². The molecule has 0 radical (unpaired) electrons. The molecule has 0 amide bonds. The van der Waals surface area contributed by atoms with E-state index in [2.05, 4.69) is 0 Å². The summed E-state index contributed by atoms with van der Waals surface area (Å²) in [5.41, 5.74) is 1.67. The molecule has 0 N–H and O–H groups in total. The molecule has 5 heteroatoms. The number of rotatable bonds is 2. The lowest BCUT2D eigenvalue weighted by atomic mass is 10.2. The van der Waals surface area contributed by atoms with Crippen molar-refractivity contribution >= 4 is 11.4 Å². The van der Waals surface area contributed by atoms with Crippen LogP contribution in [0.5, 0.6) is 0 Å². The second kappa shape index (κ2) is 5.14. The standard InChI is InChI=1S/C12H16N2O3/c1-10-5-6-11(14(15)16)12(9-10)13-7-3-2-4-8-17-13/h5-6,9H,2-4,7-8H2,1H3. The predicted molar refractivity (Wildman–Crippen MR) is 65.0 cm³/mol. The smallest absolute Gasteiger partial charge is 0.273 e. The minimum Gasteiger partial charge on any atom is -0.273 e. The summed E-state index contributed by atoms with van der Waals surface area (Å²) in [6.45, 7) is 3.26. The van der Waals surface area contributed by atoms with Crippen molar-refractivity contribution in [3.05, 3.63) is 33.9 Å². The molecule has 1 aromatic carbocycles. The first-order chi connectivity index (χ1) is 8.18. The van der Waals surface area contributed by atoms with Crippen LogP contribution < -0.4 is 5.06 Å². The van der Waals surface area contributed by atoms with Crippen LogP contribution in [0.15, 0.2) is 18.2 Å². The van der Waals surface area contributed by atoms with Gasteiger partial charge in [-0.2, -0.15) is 0 Å². The Morgan fingerprint density at radius 3 is 2.94 bits per heavy atom. The van der Waals surface area contributed by atoms with Gasteiger partial charge in [0, 0.05) is 12.6 Å². The van der Waals surface area contributed by atoms with Crippen molar-refractivity contribution < 1.29 is 9.76 Å². The van der Waals surface area contributed by atoms with Crippen molar-refractivity contribution in [1.29, 1.82) is 0 Å². The lowest BCUT2D eigenvalue weighted by Gasteiger charge is -2.21. The average molecular weight is 236 g/mol. The van der Waals surface area contributed by atoms with Gasteiger partial charge in [0.05, 0.1) is 11.5 Å². The number of hydroxylamine groups is 1. The van der Waals surface area contributed by atoms with Crippen molar-refractivity contribution in [2.45, 2.75) is 26.2 Å². The molecule has 0 spiro atoms. The second-order valence-corrected chi connectivity index (χ2v) is 4.25. The molecule has 0 aliphatic carbocycles. The maximum Gasteiger partial charge on any atom is 0.294 e. The van der Waals surface area contributed by atoms with Gasteiger partial charge in [-0.3, -0.25) is 15.0 Å². The highest BCUT2D eigenvalue weighted by Gasteiger charge is 2.21. The fourth-order valence-electron chi connectivity index (χ4n) is 1.95. The molecule has 17 heavy (non-hydrogen) atoms. The summed E-state index contributed by atoms with van der Waals surface area (Å²) in [5, 5.41) is 12.6. The van der Waals surface area contributed by atoms with Crippen LogP contribution in [0.4, 0.5) is 11.4 Å². The van der Waals surface area contributed by atoms with E-state index >= 15 is 0 Å². The first kappa shape index (κ1) is 11.9. The molecule has 1 fully saturated rings. The molecule has 1 heterocycles. The van der Waals surface area contributed by atoms with Crippen LogP contribution in [-0.2, 0) is 4.84 Å². The van der Waals surface area contributed by atoms with E-state index in [1.165, 1.54) is 0 Å². The molecule has 5 nitrogen and oxygen atoms in total. The molecule has 0 saturated carbocycles. The largest absolute Gasteiger partial charge is 0.294 e. The topological polar surface area (TPSA) is 55.6 Å². The van der Waals surface area contributed by atoms with Gasteiger partial charge in [-0.1, -0.05) is 6.07 Å². The molecule has 0 atom stereocenters. The van der Waals surface area contributed by atoms with E-state index in [1.807, 2.05) is 13.0 Å². The molecule has 2 rings (SSSR count). The molecule has 1 aromatic rings. The molecular weight excluding hydrogens is 220 g/mol. The van der Waals surface area contributed by atoms with Crippen molar-refractivity contribution in [3.63, 3.8) is 0 Å². The molecule has 1 aliphatic rings. The Labute approximate surface area is 100 Å². The SMILES string of the molecule is Cc1ccc([N+](=O)[O-])c(N2CCCCCO2)c1. The highest BCUT2D eigenvalue weighted by molar-refractivity contribution is 5.63. The number of hydrogen-bond donors (Lipinski definition) is 0. The first-order valence-electron chi connectivity index (χ1n) is 5.84. The molecule has 1 saturated heterocycles. The second-order valence-electron chi connectivity index (χ2n) is 4.25. The summed E-state index contributed by atoms with van der Waals surface area (Å²) in [5.74, 6) is 0. The van der Waals surface area contributed by atoms with Crippen LogP contribution >= 0.6 is 0 Å². The van der Waals surface area contributed by atoms with Crippen LogP contribution in [0, 0.1) is 17.0 Å². The predicted octanol–water partition coefficient (Wildman–Crippen LogP) is 2.83. The zero-order chi connectivity index (χ0) is 12.3. The fourth-order valence-corrected chi connectivity index (χ4v) is 1.95. The van der Waals surface area contributed by atoms with Gasteiger partial charge in [-0.25, -0.2) is 5.06 Å². The summed E-state index contributed by atoms with van der Waals surface area (Å²) in [6, 6.07) is 5.10. The van der Waals surface area contributed by atoms with Gasteiger partial charge in [0.25, 0.3) is 5.69 Å². The maximum atomic E-state index is 11.0. The highest BCUT2D eigenvalue weighted by atomic mass is 16.7. The van der Waals surface area contributed by atoms with Crippen LogP contribution in [0.2, 0.25) is 0 Å². The number of nitrogens with zero attached hydrogens (tertiary/aromatic N) is 2. The van der Waals surface area contributed by atoms with Crippen molar-refractivity contribution in [1.82, 2.24) is 0 Å². The monoisotopic (exact) mass is 236 g/mol. The van der Waals surface area contributed by atoms with Gasteiger partial charge in [0.1, 0.15) is 5.69 Å². The van der Waals surface area contributed by atoms with Crippen LogP contribution in [0.25, 0.3) is 0 Å². The number of hydrogen-bond acceptors (Lipinski definition) is 4. The molecule has 0 aromatic heterocycles. The quantitative estimate of drug-likeness (QED) is 0.585. The maximum absolute atomic E-state index is 11.0. The summed E-state index contributed by atoms with van der Waals surface area (Å²) in [6.07, 6.45) is 3.12. The number of benzene rings is 1. The zero-order valence-electron chi connectivity index (χ0n) is 9.89. The Bertz CT molecular complexity index is 412. The summed E-state index contributed by atoms with van der Waals surface area (Å²) >= 11 is 0. The summed E-state index contributed by atoms with van der Waals surface area (Å²) in [7, 11) is 0. The van der Waals surface area contributed by atoms with Gasteiger partial charge < -0.3 is 0 Å². The Morgan fingerprint density at radius 1 is 1.35 bits per heavy atom. The number of aryl methyl sites for hydroxylation is 1. The molecule has 92 valence electrons. The Balaban J connectivity index is 2.34.